The number of halogens is 1. The van der Waals surface area contributed by atoms with Crippen molar-refractivity contribution < 1.29 is 5.02 Å². The van der Waals surface area contributed by atoms with E-state index in [1.165, 1.54) is 19.3 Å². The van der Waals surface area contributed by atoms with Crippen molar-refractivity contribution in [2.45, 2.75) is 61.9 Å². The molecule has 1 N–H and O–H groups in total. The molecule has 4 rings (SSSR count). The van der Waals surface area contributed by atoms with Crippen LogP contribution in [0.3, 0.4) is 0 Å². The van der Waals surface area contributed by atoms with Crippen LogP contribution in [-0.2, 0) is 0 Å². The second-order valence-corrected chi connectivity index (χ2v) is 8.36. The zero-order valence-electron chi connectivity index (χ0n) is 13.4. The molecule has 0 spiro atoms. The van der Waals surface area contributed by atoms with Gasteiger partial charge in [0.2, 0.25) is 0 Å². The highest BCUT2D eigenvalue weighted by atomic mass is 35.5. The van der Waals surface area contributed by atoms with Crippen molar-refractivity contribution >= 4 is 36.2 Å². The first-order valence-electron chi connectivity index (χ1n) is 8.51. The second kappa shape index (κ2) is 6.43. The topological polar surface area (TPSA) is 52.5 Å². The molecule has 23 heavy (non-hydrogen) atoms. The Hall–Kier alpha value is -0.495. The van der Waals surface area contributed by atoms with Gasteiger partial charge in [-0.2, -0.15) is 0 Å². The number of hydrogen-bond acceptors (Lipinski definition) is 6. The predicted molar refractivity (Wildman–Crippen MR) is 95.2 cm³/mol. The lowest BCUT2D eigenvalue weighted by molar-refractivity contribution is 0.0896. The summed E-state index contributed by atoms with van der Waals surface area (Å²) in [6.45, 7) is 2.93. The molecule has 3 atom stereocenters. The van der Waals surface area contributed by atoms with Crippen LogP contribution in [0.2, 0.25) is 12.0 Å². The van der Waals surface area contributed by atoms with Gasteiger partial charge in [0.25, 0.3) is 0 Å². The average molecular weight is 353 g/mol. The Labute approximate surface area is 146 Å². The molecule has 2 bridgehead atoms. The molecule has 3 aliphatic heterocycles. The van der Waals surface area contributed by atoms with Crippen molar-refractivity contribution in [3.63, 3.8) is 0 Å². The summed E-state index contributed by atoms with van der Waals surface area (Å²) in [6, 6.07) is 3.42. The SMILES string of the molecule is CB(O)N1C2CCC[C@@H]1CC(N1CCSc3cc(Cl)nnc31)C2. The van der Waals surface area contributed by atoms with Crippen LogP contribution >= 0.6 is 23.4 Å². The van der Waals surface area contributed by atoms with Crippen LogP contribution in [0.4, 0.5) is 5.82 Å². The van der Waals surface area contributed by atoms with E-state index in [0.29, 0.717) is 23.3 Å². The van der Waals surface area contributed by atoms with Crippen molar-refractivity contribution in [2.75, 3.05) is 17.2 Å². The summed E-state index contributed by atoms with van der Waals surface area (Å²) in [6.07, 6.45) is 5.89. The number of hydrogen-bond donors (Lipinski definition) is 1. The van der Waals surface area contributed by atoms with Crippen LogP contribution in [0.25, 0.3) is 0 Å². The van der Waals surface area contributed by atoms with Crippen molar-refractivity contribution in [3.05, 3.63) is 11.2 Å². The lowest BCUT2D eigenvalue weighted by Gasteiger charge is -2.52. The molecule has 2 unspecified atom stereocenters. The quantitative estimate of drug-likeness (QED) is 0.826. The minimum atomic E-state index is -0.339. The Kier molecular flexibility index (Phi) is 4.47. The number of rotatable bonds is 2. The van der Waals surface area contributed by atoms with Crippen LogP contribution in [0, 0.1) is 0 Å². The van der Waals surface area contributed by atoms with Gasteiger partial charge in [-0.15, -0.1) is 22.0 Å². The summed E-state index contributed by atoms with van der Waals surface area (Å²) in [4.78, 5) is 5.94. The third-order valence-electron chi connectivity index (χ3n) is 5.45. The molecular formula is C15H22BClN4OS. The Balaban J connectivity index is 1.59. The number of nitrogens with zero attached hydrogens (tertiary/aromatic N) is 4. The molecule has 5 nitrogen and oxygen atoms in total. The van der Waals surface area contributed by atoms with E-state index in [-0.39, 0.29) is 7.05 Å². The third-order valence-corrected chi connectivity index (χ3v) is 6.63. The first-order valence-corrected chi connectivity index (χ1v) is 9.88. The fourth-order valence-corrected chi connectivity index (χ4v) is 5.82. The van der Waals surface area contributed by atoms with Crippen molar-refractivity contribution in [2.24, 2.45) is 0 Å². The first-order chi connectivity index (χ1) is 11.1. The number of fused-ring (bicyclic) bond motifs is 3. The molecule has 0 radical (unpaired) electrons. The molecular weight excluding hydrogens is 331 g/mol. The van der Waals surface area contributed by atoms with E-state index in [0.717, 1.165) is 35.9 Å². The lowest BCUT2D eigenvalue weighted by Crippen LogP contribution is -2.61. The van der Waals surface area contributed by atoms with Crippen molar-refractivity contribution in [3.8, 4) is 0 Å². The van der Waals surface area contributed by atoms with Crippen LogP contribution < -0.4 is 4.90 Å². The van der Waals surface area contributed by atoms with Gasteiger partial charge in [-0.3, -0.25) is 0 Å². The molecule has 0 aromatic carbocycles. The summed E-state index contributed by atoms with van der Waals surface area (Å²) < 4.78 is 0. The number of anilines is 1. The standard InChI is InChI=1S/C15H22BClN4OS/c1-16(22)21-10-3-2-4-11(21)8-12(7-10)20-5-6-23-13-9-14(17)18-19-15(13)20/h9-12,22H,2-8H2,1H3/t10-,11?,12?/m1/s1. The largest absolute Gasteiger partial charge is 0.437 e. The Morgan fingerprint density at radius 1 is 1.26 bits per heavy atom. The van der Waals surface area contributed by atoms with Gasteiger partial charge >= 0.3 is 7.05 Å². The fourth-order valence-electron chi connectivity index (χ4n) is 4.62. The van der Waals surface area contributed by atoms with Gasteiger partial charge in [0.15, 0.2) is 11.0 Å². The van der Waals surface area contributed by atoms with Gasteiger partial charge in [0.05, 0.1) is 4.90 Å². The zero-order chi connectivity index (χ0) is 16.0. The van der Waals surface area contributed by atoms with Gasteiger partial charge in [-0.05, 0) is 38.6 Å². The maximum atomic E-state index is 10.1. The monoisotopic (exact) mass is 352 g/mol. The maximum absolute atomic E-state index is 10.1. The van der Waals surface area contributed by atoms with Gasteiger partial charge in [0, 0.05) is 30.4 Å². The van der Waals surface area contributed by atoms with E-state index in [1.807, 2.05) is 24.7 Å². The Morgan fingerprint density at radius 3 is 2.70 bits per heavy atom. The minimum absolute atomic E-state index is 0.339. The molecule has 2 saturated heterocycles. The molecule has 0 amide bonds. The normalized spacial score (nSPS) is 30.9. The average Bonchev–Trinajstić information content (AvgIpc) is 2.52. The van der Waals surface area contributed by atoms with Crippen LogP contribution in [0.5, 0.6) is 0 Å². The predicted octanol–water partition coefficient (Wildman–Crippen LogP) is 2.54. The molecule has 1 aromatic heterocycles. The number of piperidine rings is 2. The van der Waals surface area contributed by atoms with Crippen LogP contribution in [-0.4, -0.2) is 57.5 Å². The van der Waals surface area contributed by atoms with Gasteiger partial charge < -0.3 is 14.7 Å². The number of aromatic nitrogens is 2. The van der Waals surface area contributed by atoms with Gasteiger partial charge in [0.1, 0.15) is 0 Å². The highest BCUT2D eigenvalue weighted by Gasteiger charge is 2.43. The molecule has 1 aromatic rings. The van der Waals surface area contributed by atoms with E-state index in [1.54, 1.807) is 0 Å². The van der Waals surface area contributed by atoms with E-state index in [2.05, 4.69) is 19.9 Å². The number of thioether (sulfide) groups is 1. The van der Waals surface area contributed by atoms with Gasteiger partial charge in [-0.1, -0.05) is 18.0 Å². The van der Waals surface area contributed by atoms with E-state index in [9.17, 15) is 5.02 Å². The molecule has 2 fully saturated rings. The maximum Gasteiger partial charge on any atom is 0.376 e. The van der Waals surface area contributed by atoms with Crippen LogP contribution in [0.1, 0.15) is 32.1 Å². The first kappa shape index (κ1) is 16.0. The summed E-state index contributed by atoms with van der Waals surface area (Å²) >= 11 is 7.82. The minimum Gasteiger partial charge on any atom is -0.437 e. The molecule has 0 saturated carbocycles. The fraction of sp³-hybridized carbons (Fsp3) is 0.733. The molecule has 4 heterocycles. The van der Waals surface area contributed by atoms with Crippen molar-refractivity contribution in [1.82, 2.24) is 15.0 Å². The molecule has 124 valence electrons. The Bertz CT molecular complexity index is 579. The second-order valence-electron chi connectivity index (χ2n) is 6.84. The van der Waals surface area contributed by atoms with E-state index < -0.39 is 0 Å². The highest BCUT2D eigenvalue weighted by Crippen LogP contribution is 2.41. The smallest absolute Gasteiger partial charge is 0.376 e. The molecule has 0 aliphatic carbocycles. The lowest BCUT2D eigenvalue weighted by atomic mass is 9.71. The van der Waals surface area contributed by atoms with Gasteiger partial charge in [-0.25, -0.2) is 0 Å². The zero-order valence-corrected chi connectivity index (χ0v) is 14.9. The van der Waals surface area contributed by atoms with E-state index in [4.69, 9.17) is 11.6 Å². The van der Waals surface area contributed by atoms with Crippen molar-refractivity contribution in [1.29, 1.82) is 0 Å². The van der Waals surface area contributed by atoms with E-state index >= 15 is 0 Å². The molecule has 8 heteroatoms. The van der Waals surface area contributed by atoms with Crippen LogP contribution in [0.15, 0.2) is 11.0 Å². The third kappa shape index (κ3) is 2.97. The summed E-state index contributed by atoms with van der Waals surface area (Å²) in [7, 11) is -0.339. The Morgan fingerprint density at radius 2 is 2.00 bits per heavy atom. The summed E-state index contributed by atoms with van der Waals surface area (Å²) in [5.74, 6) is 2.07. The summed E-state index contributed by atoms with van der Waals surface area (Å²) in [5, 5.41) is 19.1. The summed E-state index contributed by atoms with van der Waals surface area (Å²) in [5.41, 5.74) is 0. The highest BCUT2D eigenvalue weighted by molar-refractivity contribution is 7.99. The molecule has 3 aliphatic rings.